The van der Waals surface area contributed by atoms with Gasteiger partial charge < -0.3 is 14.8 Å². The average molecular weight is 235 g/mol. The van der Waals surface area contributed by atoms with E-state index in [0.29, 0.717) is 12.6 Å². The Morgan fingerprint density at radius 3 is 3.06 bits per heavy atom. The van der Waals surface area contributed by atoms with Crippen LogP contribution in [0.15, 0.2) is 18.2 Å². The molecule has 0 radical (unpaired) electrons. The predicted molar refractivity (Wildman–Crippen MR) is 68.8 cm³/mol. The molecule has 3 nitrogen and oxygen atoms in total. The Bertz CT molecular complexity index is 365. The fraction of sp³-hybridized carbons (Fsp3) is 0.571. The van der Waals surface area contributed by atoms with Crippen LogP contribution >= 0.6 is 0 Å². The van der Waals surface area contributed by atoms with E-state index >= 15 is 0 Å². The van der Waals surface area contributed by atoms with Crippen molar-refractivity contribution >= 4 is 0 Å². The summed E-state index contributed by atoms with van der Waals surface area (Å²) in [7, 11) is 0. The molecule has 17 heavy (non-hydrogen) atoms. The maximum atomic E-state index is 5.76. The van der Waals surface area contributed by atoms with E-state index in [-0.39, 0.29) is 0 Å². The molecule has 1 N–H and O–H groups in total. The Balaban J connectivity index is 2.28. The third-order valence-electron chi connectivity index (χ3n) is 3.01. The molecule has 0 aromatic heterocycles. The molecular formula is C14H21NO2. The van der Waals surface area contributed by atoms with Crippen molar-refractivity contribution in [3.05, 3.63) is 23.8 Å². The zero-order valence-corrected chi connectivity index (χ0v) is 10.7. The molecule has 1 aliphatic rings. The van der Waals surface area contributed by atoms with Crippen LogP contribution < -0.4 is 14.8 Å². The van der Waals surface area contributed by atoms with Gasteiger partial charge in [0, 0.05) is 11.6 Å². The summed E-state index contributed by atoms with van der Waals surface area (Å²) in [5.74, 6) is 1.93. The highest BCUT2D eigenvalue weighted by molar-refractivity contribution is 5.42. The molecule has 1 unspecified atom stereocenters. The number of ether oxygens (including phenoxy) is 2. The van der Waals surface area contributed by atoms with Crippen LogP contribution in [0.3, 0.4) is 0 Å². The quantitative estimate of drug-likeness (QED) is 0.870. The van der Waals surface area contributed by atoms with E-state index < -0.39 is 0 Å². The van der Waals surface area contributed by atoms with Gasteiger partial charge in [-0.15, -0.1) is 0 Å². The van der Waals surface area contributed by atoms with Gasteiger partial charge in [-0.1, -0.05) is 6.92 Å². The standard InChI is InChI=1S/C14H21NO2/c1-3-15-13-6-5-9-17-14-8-7-11(16-4-2)10-12(13)14/h7-8,10,13,15H,3-6,9H2,1-2H3. The Morgan fingerprint density at radius 1 is 1.41 bits per heavy atom. The molecule has 1 heterocycles. The molecule has 1 aliphatic heterocycles. The lowest BCUT2D eigenvalue weighted by atomic mass is 10.0. The number of hydrogen-bond acceptors (Lipinski definition) is 3. The van der Waals surface area contributed by atoms with Crippen LogP contribution in [0.1, 0.15) is 38.3 Å². The molecule has 0 amide bonds. The first-order valence-corrected chi connectivity index (χ1v) is 6.48. The molecule has 0 saturated heterocycles. The molecule has 1 aromatic carbocycles. The van der Waals surface area contributed by atoms with E-state index in [1.165, 1.54) is 5.56 Å². The van der Waals surface area contributed by atoms with Gasteiger partial charge in [0.15, 0.2) is 0 Å². The number of nitrogens with one attached hydrogen (secondary N) is 1. The van der Waals surface area contributed by atoms with Gasteiger partial charge in [0.25, 0.3) is 0 Å². The molecule has 1 aromatic rings. The van der Waals surface area contributed by atoms with Crippen LogP contribution in [0.5, 0.6) is 11.5 Å². The van der Waals surface area contributed by atoms with Gasteiger partial charge in [-0.25, -0.2) is 0 Å². The minimum Gasteiger partial charge on any atom is -0.494 e. The van der Waals surface area contributed by atoms with E-state index in [4.69, 9.17) is 9.47 Å². The third kappa shape index (κ3) is 2.91. The molecule has 0 aliphatic carbocycles. The molecule has 0 saturated carbocycles. The van der Waals surface area contributed by atoms with E-state index in [1.807, 2.05) is 19.1 Å². The topological polar surface area (TPSA) is 30.5 Å². The van der Waals surface area contributed by atoms with Gasteiger partial charge in [-0.3, -0.25) is 0 Å². The summed E-state index contributed by atoms with van der Waals surface area (Å²) >= 11 is 0. The molecule has 0 bridgehead atoms. The summed E-state index contributed by atoms with van der Waals surface area (Å²) < 4.78 is 11.3. The van der Waals surface area contributed by atoms with Gasteiger partial charge >= 0.3 is 0 Å². The molecule has 0 fully saturated rings. The molecule has 0 spiro atoms. The minimum atomic E-state index is 0.387. The number of benzene rings is 1. The van der Waals surface area contributed by atoms with Crippen LogP contribution in [-0.2, 0) is 0 Å². The fourth-order valence-electron chi connectivity index (χ4n) is 2.27. The largest absolute Gasteiger partial charge is 0.494 e. The Kier molecular flexibility index (Phi) is 4.26. The maximum absolute atomic E-state index is 5.76. The summed E-state index contributed by atoms with van der Waals surface area (Å²) in [4.78, 5) is 0. The lowest BCUT2D eigenvalue weighted by molar-refractivity contribution is 0.313. The molecule has 3 heteroatoms. The molecule has 2 rings (SSSR count). The monoisotopic (exact) mass is 235 g/mol. The fourth-order valence-corrected chi connectivity index (χ4v) is 2.27. The Hall–Kier alpha value is -1.22. The van der Waals surface area contributed by atoms with Crippen LogP contribution in [0.4, 0.5) is 0 Å². The van der Waals surface area contributed by atoms with Crippen molar-refractivity contribution in [2.24, 2.45) is 0 Å². The van der Waals surface area contributed by atoms with Gasteiger partial charge in [0.1, 0.15) is 11.5 Å². The average Bonchev–Trinajstić information content (AvgIpc) is 2.53. The van der Waals surface area contributed by atoms with Gasteiger partial charge in [-0.05, 0) is 44.5 Å². The van der Waals surface area contributed by atoms with Crippen LogP contribution in [0.2, 0.25) is 0 Å². The van der Waals surface area contributed by atoms with Crippen molar-refractivity contribution in [3.8, 4) is 11.5 Å². The second-order valence-corrected chi connectivity index (χ2v) is 4.23. The van der Waals surface area contributed by atoms with Gasteiger partial charge in [0.2, 0.25) is 0 Å². The highest BCUT2D eigenvalue weighted by Gasteiger charge is 2.19. The highest BCUT2D eigenvalue weighted by atomic mass is 16.5. The van der Waals surface area contributed by atoms with E-state index in [0.717, 1.165) is 37.5 Å². The third-order valence-corrected chi connectivity index (χ3v) is 3.01. The van der Waals surface area contributed by atoms with Crippen LogP contribution in [0, 0.1) is 0 Å². The summed E-state index contributed by atoms with van der Waals surface area (Å²) in [5.41, 5.74) is 1.23. The van der Waals surface area contributed by atoms with Crippen LogP contribution in [-0.4, -0.2) is 19.8 Å². The van der Waals surface area contributed by atoms with E-state index in [2.05, 4.69) is 18.3 Å². The van der Waals surface area contributed by atoms with Crippen molar-refractivity contribution in [2.75, 3.05) is 19.8 Å². The summed E-state index contributed by atoms with van der Waals surface area (Å²) in [6, 6.07) is 6.50. The lowest BCUT2D eigenvalue weighted by Gasteiger charge is -2.18. The van der Waals surface area contributed by atoms with Crippen molar-refractivity contribution in [1.29, 1.82) is 0 Å². The molecule has 94 valence electrons. The van der Waals surface area contributed by atoms with Crippen molar-refractivity contribution in [2.45, 2.75) is 32.7 Å². The first-order chi connectivity index (χ1) is 8.35. The smallest absolute Gasteiger partial charge is 0.124 e. The van der Waals surface area contributed by atoms with Crippen LogP contribution in [0.25, 0.3) is 0 Å². The van der Waals surface area contributed by atoms with Crippen molar-refractivity contribution in [3.63, 3.8) is 0 Å². The second kappa shape index (κ2) is 5.92. The van der Waals surface area contributed by atoms with Crippen molar-refractivity contribution < 1.29 is 9.47 Å². The number of rotatable bonds is 4. The lowest BCUT2D eigenvalue weighted by Crippen LogP contribution is -2.20. The maximum Gasteiger partial charge on any atom is 0.124 e. The second-order valence-electron chi connectivity index (χ2n) is 4.23. The molecule has 1 atom stereocenters. The highest BCUT2D eigenvalue weighted by Crippen LogP contribution is 2.34. The zero-order chi connectivity index (χ0) is 12.1. The van der Waals surface area contributed by atoms with Gasteiger partial charge in [0.05, 0.1) is 13.2 Å². The summed E-state index contributed by atoms with van der Waals surface area (Å²) in [5, 5.41) is 3.51. The predicted octanol–water partition coefficient (Wildman–Crippen LogP) is 2.91. The van der Waals surface area contributed by atoms with E-state index in [9.17, 15) is 0 Å². The van der Waals surface area contributed by atoms with E-state index in [1.54, 1.807) is 0 Å². The zero-order valence-electron chi connectivity index (χ0n) is 10.7. The van der Waals surface area contributed by atoms with Crippen molar-refractivity contribution in [1.82, 2.24) is 5.32 Å². The SMILES string of the molecule is CCNC1CCCOc2ccc(OCC)cc21. The summed E-state index contributed by atoms with van der Waals surface area (Å²) in [6.45, 7) is 6.62. The minimum absolute atomic E-state index is 0.387. The summed E-state index contributed by atoms with van der Waals surface area (Å²) in [6.07, 6.45) is 2.22. The normalized spacial score (nSPS) is 19.1. The first-order valence-electron chi connectivity index (χ1n) is 6.48. The number of hydrogen-bond donors (Lipinski definition) is 1. The molecular weight excluding hydrogens is 214 g/mol. The Labute approximate surface area is 103 Å². The van der Waals surface area contributed by atoms with Gasteiger partial charge in [-0.2, -0.15) is 0 Å². The first kappa shape index (κ1) is 12.2. The Morgan fingerprint density at radius 2 is 2.29 bits per heavy atom. The number of fused-ring (bicyclic) bond motifs is 1.